The number of nitrogens with one attached hydrogen (secondary N) is 3. The van der Waals surface area contributed by atoms with Crippen LogP contribution in [0.3, 0.4) is 0 Å². The maximum atomic E-state index is 12.9. The van der Waals surface area contributed by atoms with Gasteiger partial charge in [0.2, 0.25) is 15.9 Å². The fourth-order valence-corrected chi connectivity index (χ4v) is 5.01. The monoisotopic (exact) mass is 463 g/mol. The number of hydrogen-bond acceptors (Lipinski definition) is 5. The number of hydrogen-bond donors (Lipinski definition) is 3. The number of anilines is 1. The van der Waals surface area contributed by atoms with Gasteiger partial charge in [-0.05, 0) is 65.0 Å². The number of carbonyl (C=O) groups is 2. The highest BCUT2D eigenvalue weighted by Gasteiger charge is 2.22. The van der Waals surface area contributed by atoms with Crippen molar-refractivity contribution >= 4 is 39.3 Å². The molecule has 168 valence electrons. The summed E-state index contributed by atoms with van der Waals surface area (Å²) in [5, 5.41) is 5.56. The van der Waals surface area contributed by atoms with Crippen molar-refractivity contribution in [3.05, 3.63) is 54.1 Å². The summed E-state index contributed by atoms with van der Waals surface area (Å²) in [6, 6.07) is 13.1. The second-order valence-electron chi connectivity index (χ2n) is 8.34. The molecule has 0 spiro atoms. The normalized spacial score (nSPS) is 11.9. The van der Waals surface area contributed by atoms with E-state index >= 15 is 0 Å². The van der Waals surface area contributed by atoms with Crippen molar-refractivity contribution in [2.75, 3.05) is 11.1 Å². The van der Waals surface area contributed by atoms with Crippen LogP contribution < -0.4 is 15.4 Å². The lowest BCUT2D eigenvalue weighted by Gasteiger charge is -2.20. The van der Waals surface area contributed by atoms with E-state index in [2.05, 4.69) is 15.4 Å². The molecule has 0 saturated heterocycles. The van der Waals surface area contributed by atoms with Gasteiger partial charge < -0.3 is 10.6 Å². The molecule has 9 heteroatoms. The molecule has 2 aromatic carbocycles. The molecule has 7 nitrogen and oxygen atoms in total. The Bertz CT molecular complexity index is 1040. The maximum absolute atomic E-state index is 12.9. The summed E-state index contributed by atoms with van der Waals surface area (Å²) in [7, 11) is -3.73. The molecule has 0 bridgehead atoms. The average molecular weight is 464 g/mol. The van der Waals surface area contributed by atoms with E-state index in [9.17, 15) is 18.0 Å². The lowest BCUT2D eigenvalue weighted by atomic mass is 10.1. The van der Waals surface area contributed by atoms with Gasteiger partial charge in [0.05, 0.1) is 16.2 Å². The summed E-state index contributed by atoms with van der Waals surface area (Å²) in [6.45, 7) is 9.04. The predicted molar refractivity (Wildman–Crippen MR) is 125 cm³/mol. The van der Waals surface area contributed by atoms with E-state index in [1.165, 1.54) is 23.9 Å². The van der Waals surface area contributed by atoms with Crippen molar-refractivity contribution in [2.24, 2.45) is 0 Å². The van der Waals surface area contributed by atoms with Crippen molar-refractivity contribution in [2.45, 2.75) is 56.0 Å². The molecule has 0 heterocycles. The Morgan fingerprint density at radius 1 is 1.03 bits per heavy atom. The van der Waals surface area contributed by atoms with Gasteiger partial charge in [0.25, 0.3) is 5.91 Å². The van der Waals surface area contributed by atoms with Crippen LogP contribution in [0, 0.1) is 0 Å². The molecule has 3 N–H and O–H groups in total. The van der Waals surface area contributed by atoms with Gasteiger partial charge >= 0.3 is 0 Å². The number of thioether (sulfide) groups is 1. The van der Waals surface area contributed by atoms with E-state index < -0.39 is 15.6 Å². The van der Waals surface area contributed by atoms with Gasteiger partial charge in [-0.25, -0.2) is 13.1 Å². The standard InChI is InChI=1S/C22H29N3O4S2/c1-15(2)23-20(26)14-30-19-12-7-6-11-18(19)21(27)24-16-9-8-10-17(13-16)31(28,29)25-22(3,4)5/h6-13,15,25H,14H2,1-5H3,(H,23,26)(H,24,27). The number of carbonyl (C=O) groups excluding carboxylic acids is 2. The number of rotatable bonds is 8. The predicted octanol–water partition coefficient (Wildman–Crippen LogP) is 3.63. The SMILES string of the molecule is CC(C)NC(=O)CSc1ccccc1C(=O)Nc1cccc(S(=O)(=O)NC(C)(C)C)c1. The Hall–Kier alpha value is -2.36. The zero-order valence-corrected chi connectivity index (χ0v) is 20.0. The van der Waals surface area contributed by atoms with Crippen LogP contribution in [-0.2, 0) is 14.8 Å². The van der Waals surface area contributed by atoms with E-state index in [0.717, 1.165) is 0 Å². The van der Waals surface area contributed by atoms with Gasteiger partial charge in [-0.15, -0.1) is 11.8 Å². The van der Waals surface area contributed by atoms with Gasteiger partial charge in [0.15, 0.2) is 0 Å². The smallest absolute Gasteiger partial charge is 0.256 e. The van der Waals surface area contributed by atoms with Crippen LogP contribution in [0.25, 0.3) is 0 Å². The lowest BCUT2D eigenvalue weighted by molar-refractivity contribution is -0.119. The molecule has 0 fully saturated rings. The second-order valence-corrected chi connectivity index (χ2v) is 11.0. The Labute approximate surface area is 188 Å². The van der Waals surface area contributed by atoms with E-state index in [4.69, 9.17) is 0 Å². The minimum Gasteiger partial charge on any atom is -0.353 e. The molecule has 31 heavy (non-hydrogen) atoms. The van der Waals surface area contributed by atoms with Gasteiger partial charge in [0.1, 0.15) is 0 Å². The maximum Gasteiger partial charge on any atom is 0.256 e. The van der Waals surface area contributed by atoms with E-state index in [1.54, 1.807) is 57.2 Å². The van der Waals surface area contributed by atoms with Crippen molar-refractivity contribution < 1.29 is 18.0 Å². The molecule has 2 amide bonds. The molecule has 0 unspecified atom stereocenters. The molecular formula is C22H29N3O4S2. The lowest BCUT2D eigenvalue weighted by Crippen LogP contribution is -2.40. The summed E-state index contributed by atoms with van der Waals surface area (Å²) < 4.78 is 27.7. The molecule has 0 aliphatic carbocycles. The van der Waals surface area contributed by atoms with Crippen molar-refractivity contribution in [1.82, 2.24) is 10.0 Å². The molecule has 2 aromatic rings. The van der Waals surface area contributed by atoms with Gasteiger partial charge in [-0.2, -0.15) is 0 Å². The highest BCUT2D eigenvalue weighted by atomic mass is 32.2. The number of sulfonamides is 1. The molecule has 2 rings (SSSR count). The average Bonchev–Trinajstić information content (AvgIpc) is 2.64. The van der Waals surface area contributed by atoms with Crippen molar-refractivity contribution in [3.8, 4) is 0 Å². The van der Waals surface area contributed by atoms with Crippen LogP contribution >= 0.6 is 11.8 Å². The molecule has 0 aliphatic heterocycles. The third kappa shape index (κ3) is 8.01. The van der Waals surface area contributed by atoms with Crippen LogP contribution in [0.5, 0.6) is 0 Å². The van der Waals surface area contributed by atoms with Crippen LogP contribution in [0.15, 0.2) is 58.3 Å². The van der Waals surface area contributed by atoms with Crippen LogP contribution in [0.2, 0.25) is 0 Å². The Morgan fingerprint density at radius 2 is 1.71 bits per heavy atom. The minimum absolute atomic E-state index is 0.0444. The zero-order chi connectivity index (χ0) is 23.2. The largest absolute Gasteiger partial charge is 0.353 e. The Morgan fingerprint density at radius 3 is 2.35 bits per heavy atom. The third-order valence-corrected chi connectivity index (χ3v) is 6.61. The first-order chi connectivity index (χ1) is 14.4. The molecular weight excluding hydrogens is 434 g/mol. The zero-order valence-electron chi connectivity index (χ0n) is 18.4. The molecule has 0 aromatic heterocycles. The van der Waals surface area contributed by atoms with E-state index in [1.807, 2.05) is 13.8 Å². The Kier molecular flexibility index (Phi) is 8.27. The third-order valence-electron chi connectivity index (χ3n) is 3.78. The summed E-state index contributed by atoms with van der Waals surface area (Å²) in [6.07, 6.45) is 0. The van der Waals surface area contributed by atoms with Crippen LogP contribution in [0.1, 0.15) is 45.0 Å². The number of benzene rings is 2. The van der Waals surface area contributed by atoms with Gasteiger partial charge in [0, 0.05) is 22.2 Å². The first-order valence-corrected chi connectivity index (χ1v) is 12.3. The highest BCUT2D eigenvalue weighted by Crippen LogP contribution is 2.24. The van der Waals surface area contributed by atoms with Crippen molar-refractivity contribution in [3.63, 3.8) is 0 Å². The first-order valence-electron chi connectivity index (χ1n) is 9.84. The quantitative estimate of drug-likeness (QED) is 0.519. The summed E-state index contributed by atoms with van der Waals surface area (Å²) in [5.74, 6) is -0.306. The molecule has 0 atom stereocenters. The van der Waals surface area contributed by atoms with Crippen LogP contribution in [-0.4, -0.2) is 37.6 Å². The molecule has 0 saturated carbocycles. The van der Waals surface area contributed by atoms with Crippen molar-refractivity contribution in [1.29, 1.82) is 0 Å². The number of amides is 2. The van der Waals surface area contributed by atoms with Gasteiger partial charge in [-0.1, -0.05) is 18.2 Å². The Balaban J connectivity index is 2.17. The highest BCUT2D eigenvalue weighted by molar-refractivity contribution is 8.00. The fraction of sp³-hybridized carbons (Fsp3) is 0.364. The summed E-state index contributed by atoms with van der Waals surface area (Å²) in [4.78, 5) is 25.5. The van der Waals surface area contributed by atoms with Gasteiger partial charge in [-0.3, -0.25) is 9.59 Å². The van der Waals surface area contributed by atoms with E-state index in [0.29, 0.717) is 16.1 Å². The molecule has 0 radical (unpaired) electrons. The topological polar surface area (TPSA) is 104 Å². The molecule has 0 aliphatic rings. The second kappa shape index (κ2) is 10.3. The fourth-order valence-electron chi connectivity index (χ4n) is 2.69. The summed E-state index contributed by atoms with van der Waals surface area (Å²) >= 11 is 1.27. The first kappa shape index (κ1) is 24.9. The van der Waals surface area contributed by atoms with E-state index in [-0.39, 0.29) is 28.5 Å². The summed E-state index contributed by atoms with van der Waals surface area (Å²) in [5.41, 5.74) is 0.140. The van der Waals surface area contributed by atoms with Crippen LogP contribution in [0.4, 0.5) is 5.69 Å². The minimum atomic E-state index is -3.73.